The predicted molar refractivity (Wildman–Crippen MR) is 124 cm³/mol. The van der Waals surface area contributed by atoms with E-state index in [1.165, 1.54) is 18.3 Å². The summed E-state index contributed by atoms with van der Waals surface area (Å²) < 4.78 is 17.5. The average molecular weight is 474 g/mol. The SMILES string of the molecule is CC(=O)Nc1sc2c(c1-c1nc3cc4c(cc3s1)OCO4)CCN(C(=O)OC(C)(C)C)C2. The molecule has 0 atom stereocenters. The van der Waals surface area contributed by atoms with Crippen molar-refractivity contribution in [1.82, 2.24) is 9.88 Å². The van der Waals surface area contributed by atoms with Crippen LogP contribution >= 0.6 is 22.7 Å². The molecule has 2 aliphatic heterocycles. The van der Waals surface area contributed by atoms with E-state index in [9.17, 15) is 9.59 Å². The maximum atomic E-state index is 12.6. The zero-order chi connectivity index (χ0) is 22.6. The number of hydrogen-bond donors (Lipinski definition) is 1. The van der Waals surface area contributed by atoms with Crippen molar-refractivity contribution < 1.29 is 23.8 Å². The quantitative estimate of drug-likeness (QED) is 0.563. The van der Waals surface area contributed by atoms with Gasteiger partial charge < -0.3 is 24.4 Å². The number of fused-ring (bicyclic) bond motifs is 3. The highest BCUT2D eigenvalue weighted by Crippen LogP contribution is 2.47. The molecule has 0 radical (unpaired) electrons. The van der Waals surface area contributed by atoms with E-state index in [1.807, 2.05) is 32.9 Å². The molecule has 0 fully saturated rings. The number of thiophene rings is 1. The van der Waals surface area contributed by atoms with E-state index in [-0.39, 0.29) is 18.8 Å². The molecule has 4 heterocycles. The standard InChI is InChI=1S/C22H23N3O5S2/c1-11(26)23-19-18(20-24-13-7-14-15(29-10-28-14)8-16(13)31-20)12-5-6-25(9-17(12)32-19)21(27)30-22(2,3)4/h7-8H,5-6,9-10H2,1-4H3,(H,23,26). The predicted octanol–water partition coefficient (Wildman–Crippen LogP) is 5.01. The summed E-state index contributed by atoms with van der Waals surface area (Å²) in [5.74, 6) is 1.27. The normalized spacial score (nSPS) is 15.1. The number of anilines is 1. The van der Waals surface area contributed by atoms with Gasteiger partial charge >= 0.3 is 6.09 Å². The number of thiazole rings is 1. The Morgan fingerprint density at radius 3 is 2.66 bits per heavy atom. The molecule has 2 amide bonds. The first-order chi connectivity index (χ1) is 15.2. The Balaban J connectivity index is 1.53. The molecule has 0 aliphatic carbocycles. The molecule has 8 nitrogen and oxygen atoms in total. The van der Waals surface area contributed by atoms with Gasteiger partial charge in [0, 0.05) is 36.0 Å². The van der Waals surface area contributed by atoms with Crippen LogP contribution in [0.1, 0.15) is 38.1 Å². The fourth-order valence-corrected chi connectivity index (χ4v) is 6.22. The number of amides is 2. The molecule has 5 rings (SSSR count). The third kappa shape index (κ3) is 3.88. The molecule has 3 aromatic rings. The number of nitrogens with one attached hydrogen (secondary N) is 1. The van der Waals surface area contributed by atoms with Gasteiger partial charge in [-0.3, -0.25) is 4.79 Å². The molecule has 1 N–H and O–H groups in total. The van der Waals surface area contributed by atoms with Crippen LogP contribution in [0.25, 0.3) is 20.8 Å². The molecule has 0 saturated heterocycles. The lowest BCUT2D eigenvalue weighted by Gasteiger charge is -2.30. The van der Waals surface area contributed by atoms with Crippen LogP contribution in [0.5, 0.6) is 11.5 Å². The number of carbonyl (C=O) groups excluding carboxylic acids is 2. The van der Waals surface area contributed by atoms with E-state index in [2.05, 4.69) is 5.32 Å². The number of rotatable bonds is 2. The van der Waals surface area contributed by atoms with Crippen LogP contribution in [0.2, 0.25) is 0 Å². The van der Waals surface area contributed by atoms with Crippen LogP contribution in [-0.2, 0) is 22.5 Å². The molecule has 10 heteroatoms. The van der Waals surface area contributed by atoms with Crippen molar-refractivity contribution in [2.45, 2.75) is 46.3 Å². The Hall–Kier alpha value is -2.85. The summed E-state index contributed by atoms with van der Waals surface area (Å²) in [6.07, 6.45) is 0.340. The van der Waals surface area contributed by atoms with Gasteiger partial charge in [-0.2, -0.15) is 0 Å². The van der Waals surface area contributed by atoms with Crippen LogP contribution in [0.3, 0.4) is 0 Å². The van der Waals surface area contributed by atoms with Gasteiger partial charge in [-0.05, 0) is 32.8 Å². The Bertz CT molecular complexity index is 1200. The van der Waals surface area contributed by atoms with E-state index in [0.29, 0.717) is 25.3 Å². The number of aromatic nitrogens is 1. The van der Waals surface area contributed by atoms with Gasteiger partial charge in [0.1, 0.15) is 15.6 Å². The van der Waals surface area contributed by atoms with E-state index < -0.39 is 5.60 Å². The second-order valence-corrected chi connectivity index (χ2v) is 10.9. The Morgan fingerprint density at radius 1 is 1.19 bits per heavy atom. The van der Waals surface area contributed by atoms with Crippen molar-refractivity contribution in [3.05, 3.63) is 22.6 Å². The third-order valence-corrected chi connectivity index (χ3v) is 7.26. The average Bonchev–Trinajstić information content (AvgIpc) is 3.38. The Kier molecular flexibility index (Phi) is 5.01. The van der Waals surface area contributed by atoms with Crippen LogP contribution < -0.4 is 14.8 Å². The zero-order valence-electron chi connectivity index (χ0n) is 18.2. The number of benzene rings is 1. The van der Waals surface area contributed by atoms with Crippen molar-refractivity contribution in [3.8, 4) is 22.1 Å². The highest BCUT2D eigenvalue weighted by atomic mass is 32.1. The fraction of sp³-hybridized carbons (Fsp3) is 0.409. The molecular weight excluding hydrogens is 450 g/mol. The Labute approximate surface area is 193 Å². The lowest BCUT2D eigenvalue weighted by molar-refractivity contribution is -0.114. The van der Waals surface area contributed by atoms with Gasteiger partial charge in [-0.1, -0.05) is 0 Å². The molecule has 0 saturated carbocycles. The monoisotopic (exact) mass is 473 g/mol. The first kappa shape index (κ1) is 21.0. The van der Waals surface area contributed by atoms with Crippen molar-refractivity contribution in [1.29, 1.82) is 0 Å². The Morgan fingerprint density at radius 2 is 1.94 bits per heavy atom. The minimum atomic E-state index is -0.548. The molecule has 168 valence electrons. The third-order valence-electron chi connectivity index (χ3n) is 5.09. The van der Waals surface area contributed by atoms with Crippen molar-refractivity contribution >= 4 is 49.9 Å². The lowest BCUT2D eigenvalue weighted by Crippen LogP contribution is -2.39. The summed E-state index contributed by atoms with van der Waals surface area (Å²) in [7, 11) is 0. The van der Waals surface area contributed by atoms with Gasteiger partial charge in [0.05, 0.1) is 16.8 Å². The number of carbonyl (C=O) groups is 2. The highest BCUT2D eigenvalue weighted by molar-refractivity contribution is 7.23. The summed E-state index contributed by atoms with van der Waals surface area (Å²) >= 11 is 3.05. The minimum absolute atomic E-state index is 0.143. The highest BCUT2D eigenvalue weighted by Gasteiger charge is 2.31. The van der Waals surface area contributed by atoms with Crippen LogP contribution in [0.4, 0.5) is 9.80 Å². The molecule has 0 spiro atoms. The van der Waals surface area contributed by atoms with Crippen molar-refractivity contribution in [3.63, 3.8) is 0 Å². The van der Waals surface area contributed by atoms with Crippen LogP contribution in [-0.4, -0.2) is 40.8 Å². The smallest absolute Gasteiger partial charge is 0.410 e. The van der Waals surface area contributed by atoms with E-state index in [4.69, 9.17) is 19.2 Å². The summed E-state index contributed by atoms with van der Waals surface area (Å²) in [6.45, 7) is 8.28. The number of ether oxygens (including phenoxy) is 3. The van der Waals surface area contributed by atoms with Gasteiger partial charge in [-0.25, -0.2) is 9.78 Å². The van der Waals surface area contributed by atoms with Crippen LogP contribution in [0, 0.1) is 0 Å². The number of nitrogens with zero attached hydrogens (tertiary/aromatic N) is 2. The topological polar surface area (TPSA) is 90.0 Å². The molecule has 0 unspecified atom stereocenters. The molecular formula is C22H23N3O5S2. The molecule has 2 aliphatic rings. The van der Waals surface area contributed by atoms with E-state index in [0.717, 1.165) is 42.0 Å². The molecule has 2 aromatic heterocycles. The van der Waals surface area contributed by atoms with Gasteiger partial charge in [0.25, 0.3) is 0 Å². The second-order valence-electron chi connectivity index (χ2n) is 8.73. The van der Waals surface area contributed by atoms with Gasteiger partial charge in [-0.15, -0.1) is 22.7 Å². The summed E-state index contributed by atoms with van der Waals surface area (Å²) in [5.41, 5.74) is 2.34. The maximum absolute atomic E-state index is 12.6. The molecule has 0 bridgehead atoms. The molecule has 32 heavy (non-hydrogen) atoms. The van der Waals surface area contributed by atoms with Crippen molar-refractivity contribution in [2.75, 3.05) is 18.7 Å². The van der Waals surface area contributed by atoms with Crippen molar-refractivity contribution in [2.24, 2.45) is 0 Å². The van der Waals surface area contributed by atoms with Gasteiger partial charge in [0.15, 0.2) is 11.5 Å². The van der Waals surface area contributed by atoms with Crippen LogP contribution in [0.15, 0.2) is 12.1 Å². The van der Waals surface area contributed by atoms with Gasteiger partial charge in [0.2, 0.25) is 12.7 Å². The maximum Gasteiger partial charge on any atom is 0.410 e. The largest absolute Gasteiger partial charge is 0.454 e. The zero-order valence-corrected chi connectivity index (χ0v) is 19.9. The van der Waals surface area contributed by atoms with E-state index in [1.54, 1.807) is 16.2 Å². The first-order valence-corrected chi connectivity index (χ1v) is 11.9. The summed E-state index contributed by atoms with van der Waals surface area (Å²) in [6, 6.07) is 3.83. The summed E-state index contributed by atoms with van der Waals surface area (Å²) in [5, 5.41) is 4.55. The minimum Gasteiger partial charge on any atom is -0.454 e. The fourth-order valence-electron chi connectivity index (χ4n) is 3.79. The second kappa shape index (κ2) is 7.63. The van der Waals surface area contributed by atoms with E-state index >= 15 is 0 Å². The lowest BCUT2D eigenvalue weighted by atomic mass is 10.0. The summed E-state index contributed by atoms with van der Waals surface area (Å²) in [4.78, 5) is 32.1. The number of hydrogen-bond acceptors (Lipinski definition) is 8. The first-order valence-electron chi connectivity index (χ1n) is 10.3. The molecule has 1 aromatic carbocycles.